The Kier molecular flexibility index (Phi) is 5.23. The number of benzene rings is 1. The average Bonchev–Trinajstić information content (AvgIpc) is 3.02. The van der Waals surface area contributed by atoms with Crippen LogP contribution in [0.5, 0.6) is 0 Å². The number of carboxylic acids is 1. The lowest BCUT2D eigenvalue weighted by molar-refractivity contribution is -0.137. The summed E-state index contributed by atoms with van der Waals surface area (Å²) in [4.78, 5) is 28.0. The van der Waals surface area contributed by atoms with E-state index >= 15 is 0 Å². The van der Waals surface area contributed by atoms with Crippen LogP contribution in [0.15, 0.2) is 45.7 Å². The van der Waals surface area contributed by atoms with E-state index in [4.69, 9.17) is 16.7 Å². The highest BCUT2D eigenvalue weighted by atomic mass is 35.5. The molecule has 2 heterocycles. The highest BCUT2D eigenvalue weighted by Crippen LogP contribution is 2.24. The molecule has 2 aromatic heterocycles. The highest BCUT2D eigenvalue weighted by Gasteiger charge is 2.13. The zero-order chi connectivity index (χ0) is 17.1. The van der Waals surface area contributed by atoms with Crippen LogP contribution in [0.1, 0.15) is 12.0 Å². The fourth-order valence-corrected chi connectivity index (χ4v) is 4.05. The highest BCUT2D eigenvalue weighted by molar-refractivity contribution is 7.98. The first kappa shape index (κ1) is 17.0. The Hall–Kier alpha value is -1.83. The van der Waals surface area contributed by atoms with Crippen LogP contribution in [-0.4, -0.2) is 20.6 Å². The SMILES string of the molecule is O=C(O)CCn1c(SCc2ccc(Cl)cc2)nc2ccsc2c1=O. The van der Waals surface area contributed by atoms with Gasteiger partial charge in [-0.2, -0.15) is 0 Å². The molecule has 1 N–H and O–H groups in total. The molecule has 0 aliphatic rings. The molecule has 8 heteroatoms. The van der Waals surface area contributed by atoms with Crippen LogP contribution in [0.4, 0.5) is 0 Å². The quantitative estimate of drug-likeness (QED) is 0.519. The van der Waals surface area contributed by atoms with E-state index < -0.39 is 5.97 Å². The largest absolute Gasteiger partial charge is 0.481 e. The molecule has 124 valence electrons. The molecular weight excluding hydrogens is 368 g/mol. The predicted molar refractivity (Wildman–Crippen MR) is 97.1 cm³/mol. The number of thiophene rings is 1. The lowest BCUT2D eigenvalue weighted by atomic mass is 10.2. The number of hydrogen-bond donors (Lipinski definition) is 1. The van der Waals surface area contributed by atoms with E-state index in [0.717, 1.165) is 5.56 Å². The molecule has 24 heavy (non-hydrogen) atoms. The standard InChI is InChI=1S/C16H13ClN2O3S2/c17-11-3-1-10(2-4-11)9-24-16-18-12-6-8-23-14(12)15(22)19(16)7-5-13(20)21/h1-4,6,8H,5,7,9H2,(H,20,21). The number of aliphatic carboxylic acids is 1. The van der Waals surface area contributed by atoms with Crippen LogP contribution in [0.25, 0.3) is 10.2 Å². The van der Waals surface area contributed by atoms with Crippen LogP contribution in [0.3, 0.4) is 0 Å². The summed E-state index contributed by atoms with van der Waals surface area (Å²) in [6.07, 6.45) is -0.118. The molecule has 0 amide bonds. The molecule has 0 aliphatic carbocycles. The number of halogens is 1. The van der Waals surface area contributed by atoms with Crippen molar-refractivity contribution in [2.24, 2.45) is 0 Å². The maximum Gasteiger partial charge on any atom is 0.305 e. The van der Waals surface area contributed by atoms with Gasteiger partial charge in [-0.05, 0) is 29.1 Å². The van der Waals surface area contributed by atoms with Crippen molar-refractivity contribution in [3.63, 3.8) is 0 Å². The Morgan fingerprint density at radius 3 is 2.75 bits per heavy atom. The van der Waals surface area contributed by atoms with Gasteiger partial charge in [0.15, 0.2) is 5.16 Å². The molecule has 3 aromatic rings. The first-order valence-electron chi connectivity index (χ1n) is 7.11. The van der Waals surface area contributed by atoms with Gasteiger partial charge in [0.05, 0.1) is 11.9 Å². The minimum absolute atomic E-state index is 0.109. The van der Waals surface area contributed by atoms with Crippen molar-refractivity contribution in [3.05, 3.63) is 56.7 Å². The summed E-state index contributed by atoms with van der Waals surface area (Å²) in [6.45, 7) is 0.109. The predicted octanol–water partition coefficient (Wildman–Crippen LogP) is 3.88. The van der Waals surface area contributed by atoms with Crippen molar-refractivity contribution < 1.29 is 9.90 Å². The molecule has 0 saturated carbocycles. The summed E-state index contributed by atoms with van der Waals surface area (Å²) in [6, 6.07) is 9.25. The van der Waals surface area contributed by atoms with Crippen molar-refractivity contribution >= 4 is 50.9 Å². The summed E-state index contributed by atoms with van der Waals surface area (Å²) in [5.41, 5.74) is 1.51. The zero-order valence-electron chi connectivity index (χ0n) is 12.4. The Balaban J connectivity index is 1.91. The van der Waals surface area contributed by atoms with Crippen LogP contribution in [0.2, 0.25) is 5.02 Å². The molecule has 1 aromatic carbocycles. The average molecular weight is 381 g/mol. The molecule has 0 radical (unpaired) electrons. The Bertz CT molecular complexity index is 935. The van der Waals surface area contributed by atoms with Gasteiger partial charge in [0.25, 0.3) is 5.56 Å². The molecule has 0 saturated heterocycles. The summed E-state index contributed by atoms with van der Waals surface area (Å²) in [5, 5.41) is 11.9. The number of carboxylic acid groups (broad SMARTS) is 1. The molecule has 0 unspecified atom stereocenters. The second kappa shape index (κ2) is 7.38. The molecule has 5 nitrogen and oxygen atoms in total. The summed E-state index contributed by atoms with van der Waals surface area (Å²) in [5.74, 6) is -0.325. The van der Waals surface area contributed by atoms with Crippen molar-refractivity contribution in [2.75, 3.05) is 0 Å². The van der Waals surface area contributed by atoms with E-state index in [1.807, 2.05) is 29.6 Å². The smallest absolute Gasteiger partial charge is 0.305 e. The van der Waals surface area contributed by atoms with E-state index in [9.17, 15) is 9.59 Å². The van der Waals surface area contributed by atoms with E-state index in [1.165, 1.54) is 27.7 Å². The topological polar surface area (TPSA) is 72.2 Å². The van der Waals surface area contributed by atoms with E-state index in [2.05, 4.69) is 4.98 Å². The van der Waals surface area contributed by atoms with Gasteiger partial charge in [0.1, 0.15) is 4.70 Å². The third-order valence-corrected chi connectivity index (χ3v) is 5.55. The second-order valence-electron chi connectivity index (χ2n) is 5.05. The van der Waals surface area contributed by atoms with Gasteiger partial charge < -0.3 is 5.11 Å². The maximum absolute atomic E-state index is 12.6. The third-order valence-electron chi connectivity index (χ3n) is 3.36. The van der Waals surface area contributed by atoms with Crippen LogP contribution in [0, 0.1) is 0 Å². The normalized spacial score (nSPS) is 11.0. The van der Waals surface area contributed by atoms with Crippen LogP contribution < -0.4 is 5.56 Å². The van der Waals surface area contributed by atoms with Crippen molar-refractivity contribution in [3.8, 4) is 0 Å². The maximum atomic E-state index is 12.6. The number of hydrogen-bond acceptors (Lipinski definition) is 5. The lowest BCUT2D eigenvalue weighted by Gasteiger charge is -2.11. The lowest BCUT2D eigenvalue weighted by Crippen LogP contribution is -2.23. The van der Waals surface area contributed by atoms with Gasteiger partial charge in [0, 0.05) is 17.3 Å². The minimum atomic E-state index is -0.943. The number of aromatic nitrogens is 2. The van der Waals surface area contributed by atoms with Gasteiger partial charge in [-0.15, -0.1) is 11.3 Å². The molecule has 0 spiro atoms. The van der Waals surface area contributed by atoms with Gasteiger partial charge in [-0.3, -0.25) is 14.2 Å². The van der Waals surface area contributed by atoms with Gasteiger partial charge in [0.2, 0.25) is 0 Å². The molecule has 0 fully saturated rings. The number of fused-ring (bicyclic) bond motifs is 1. The molecule has 0 bridgehead atoms. The number of rotatable bonds is 6. The van der Waals surface area contributed by atoms with Gasteiger partial charge in [-0.1, -0.05) is 35.5 Å². The second-order valence-corrected chi connectivity index (χ2v) is 7.34. The fraction of sp³-hybridized carbons (Fsp3) is 0.188. The number of carbonyl (C=O) groups is 1. The Morgan fingerprint density at radius 2 is 2.04 bits per heavy atom. The van der Waals surface area contributed by atoms with Crippen molar-refractivity contribution in [1.82, 2.24) is 9.55 Å². The van der Waals surface area contributed by atoms with E-state index in [0.29, 0.717) is 26.1 Å². The molecular formula is C16H13ClN2O3S2. The summed E-state index contributed by atoms with van der Waals surface area (Å²) >= 11 is 8.61. The molecule has 0 aliphatic heterocycles. The summed E-state index contributed by atoms with van der Waals surface area (Å²) in [7, 11) is 0. The monoisotopic (exact) mass is 380 g/mol. The van der Waals surface area contributed by atoms with Crippen molar-refractivity contribution in [2.45, 2.75) is 23.9 Å². The van der Waals surface area contributed by atoms with Gasteiger partial charge >= 0.3 is 5.97 Å². The van der Waals surface area contributed by atoms with Gasteiger partial charge in [-0.25, -0.2) is 4.98 Å². The third kappa shape index (κ3) is 3.80. The van der Waals surface area contributed by atoms with Crippen molar-refractivity contribution in [1.29, 1.82) is 0 Å². The summed E-state index contributed by atoms with van der Waals surface area (Å²) < 4.78 is 2.00. The molecule has 0 atom stereocenters. The number of nitrogens with zero attached hydrogens (tertiary/aromatic N) is 2. The Labute approximate surface area is 150 Å². The minimum Gasteiger partial charge on any atom is -0.481 e. The number of thioether (sulfide) groups is 1. The fourth-order valence-electron chi connectivity index (χ4n) is 2.17. The first-order valence-corrected chi connectivity index (χ1v) is 9.36. The van der Waals surface area contributed by atoms with Crippen LogP contribution >= 0.6 is 34.7 Å². The van der Waals surface area contributed by atoms with E-state index in [1.54, 1.807) is 6.07 Å². The first-order chi connectivity index (χ1) is 11.5. The molecule has 3 rings (SSSR count). The van der Waals surface area contributed by atoms with Crippen LogP contribution in [-0.2, 0) is 17.1 Å². The van der Waals surface area contributed by atoms with E-state index in [-0.39, 0.29) is 18.5 Å². The zero-order valence-corrected chi connectivity index (χ0v) is 14.8. The Morgan fingerprint density at radius 1 is 1.29 bits per heavy atom.